The average molecular weight is 485 g/mol. The third kappa shape index (κ3) is 12.4. The highest BCUT2D eigenvalue weighted by Crippen LogP contribution is 2.18. The van der Waals surface area contributed by atoms with Crippen molar-refractivity contribution in [2.45, 2.75) is 6.42 Å². The molecule has 0 heterocycles. The van der Waals surface area contributed by atoms with Crippen molar-refractivity contribution in [3.8, 4) is 11.5 Å². The summed E-state index contributed by atoms with van der Waals surface area (Å²) in [5, 5.41) is 0. The van der Waals surface area contributed by atoms with Crippen molar-refractivity contribution in [3.05, 3.63) is 85.0 Å². The molecule has 35 heavy (non-hydrogen) atoms. The maximum absolute atomic E-state index is 11.0. The van der Waals surface area contributed by atoms with Crippen LogP contribution in [0.15, 0.2) is 73.8 Å². The highest BCUT2D eigenvalue weighted by atomic mass is 16.6. The zero-order valence-electron chi connectivity index (χ0n) is 19.8. The van der Waals surface area contributed by atoms with Crippen molar-refractivity contribution in [2.75, 3.05) is 52.9 Å². The van der Waals surface area contributed by atoms with Crippen molar-refractivity contribution in [2.24, 2.45) is 0 Å². The molecule has 0 N–H and O–H groups in total. The Hall–Kier alpha value is -3.62. The van der Waals surface area contributed by atoms with Gasteiger partial charge in [0, 0.05) is 12.2 Å². The molecule has 0 aliphatic carbocycles. The topological polar surface area (TPSA) is 89.5 Å². The average Bonchev–Trinajstić information content (AvgIpc) is 2.89. The lowest BCUT2D eigenvalue weighted by atomic mass is 10.0. The van der Waals surface area contributed by atoms with Crippen LogP contribution >= 0.6 is 0 Å². The Kier molecular flexibility index (Phi) is 13.3. The molecule has 188 valence electrons. The lowest BCUT2D eigenvalue weighted by Gasteiger charge is -2.09. The summed E-state index contributed by atoms with van der Waals surface area (Å²) < 4.78 is 31.7. The molecule has 8 heteroatoms. The van der Waals surface area contributed by atoms with Gasteiger partial charge in [-0.1, -0.05) is 37.4 Å². The van der Waals surface area contributed by atoms with Crippen LogP contribution in [0, 0.1) is 0 Å². The molecular weight excluding hydrogens is 452 g/mol. The number of rotatable bonds is 18. The van der Waals surface area contributed by atoms with Gasteiger partial charge in [-0.25, -0.2) is 9.59 Å². The Balaban J connectivity index is 1.56. The number of carbonyl (C=O) groups is 2. The highest BCUT2D eigenvalue weighted by Gasteiger charge is 2.01. The number of esters is 2. The summed E-state index contributed by atoms with van der Waals surface area (Å²) in [6.45, 7) is 9.37. The smallest absolute Gasteiger partial charge is 0.330 e. The van der Waals surface area contributed by atoms with Gasteiger partial charge in [0.05, 0.1) is 26.4 Å². The SMILES string of the molecule is C=CC(=O)OCCOCCOCCOc1ccc(Cc2ccc(OCCOC(=O)C=C)cc2)cc1. The molecule has 0 bridgehead atoms. The first-order valence-electron chi connectivity index (χ1n) is 11.3. The van der Waals surface area contributed by atoms with Gasteiger partial charge < -0.3 is 28.4 Å². The zero-order valence-corrected chi connectivity index (χ0v) is 19.8. The van der Waals surface area contributed by atoms with Crippen LogP contribution in [-0.4, -0.2) is 64.8 Å². The third-order valence-corrected chi connectivity index (χ3v) is 4.53. The van der Waals surface area contributed by atoms with E-state index in [1.807, 2.05) is 48.5 Å². The lowest BCUT2D eigenvalue weighted by molar-refractivity contribution is -0.139. The van der Waals surface area contributed by atoms with Gasteiger partial charge in [0.1, 0.15) is 37.9 Å². The van der Waals surface area contributed by atoms with E-state index in [0.29, 0.717) is 33.0 Å². The first-order valence-corrected chi connectivity index (χ1v) is 11.3. The van der Waals surface area contributed by atoms with Gasteiger partial charge in [-0.15, -0.1) is 0 Å². The van der Waals surface area contributed by atoms with Gasteiger partial charge in [-0.3, -0.25) is 0 Å². The van der Waals surface area contributed by atoms with Crippen LogP contribution in [0.25, 0.3) is 0 Å². The summed E-state index contributed by atoms with van der Waals surface area (Å²) in [4.78, 5) is 21.8. The maximum Gasteiger partial charge on any atom is 0.330 e. The molecule has 2 aromatic carbocycles. The van der Waals surface area contributed by atoms with Crippen LogP contribution in [0.3, 0.4) is 0 Å². The Bertz CT molecular complexity index is 906. The van der Waals surface area contributed by atoms with E-state index in [-0.39, 0.29) is 19.8 Å². The van der Waals surface area contributed by atoms with Crippen LogP contribution in [-0.2, 0) is 35.0 Å². The fourth-order valence-electron chi connectivity index (χ4n) is 2.80. The standard InChI is InChI=1S/C27H32O8/c1-3-26(28)34-18-16-31-14-13-30-15-17-32-24-9-5-22(6-10-24)21-23-7-11-25(12-8-23)33-19-20-35-27(29)4-2/h3-12H,1-2,13-21H2. The first-order chi connectivity index (χ1) is 17.1. The Morgan fingerprint density at radius 1 is 0.571 bits per heavy atom. The maximum atomic E-state index is 11.0. The van der Waals surface area contributed by atoms with E-state index in [0.717, 1.165) is 41.2 Å². The quantitative estimate of drug-likeness (QED) is 0.180. The van der Waals surface area contributed by atoms with Gasteiger partial charge in [-0.05, 0) is 41.8 Å². The molecule has 0 atom stereocenters. The molecule has 2 rings (SSSR count). The fourth-order valence-corrected chi connectivity index (χ4v) is 2.80. The molecule has 0 saturated carbocycles. The van der Waals surface area contributed by atoms with E-state index >= 15 is 0 Å². The number of hydrogen-bond acceptors (Lipinski definition) is 8. The largest absolute Gasteiger partial charge is 0.491 e. The number of carbonyl (C=O) groups excluding carboxylic acids is 2. The van der Waals surface area contributed by atoms with Gasteiger partial charge in [0.25, 0.3) is 0 Å². The first kappa shape index (κ1) is 27.6. The lowest BCUT2D eigenvalue weighted by Crippen LogP contribution is -2.13. The van der Waals surface area contributed by atoms with Crippen LogP contribution in [0.1, 0.15) is 11.1 Å². The minimum Gasteiger partial charge on any atom is -0.491 e. The predicted molar refractivity (Wildman–Crippen MR) is 131 cm³/mol. The normalized spacial score (nSPS) is 10.3. The summed E-state index contributed by atoms with van der Waals surface area (Å²) in [7, 11) is 0. The van der Waals surface area contributed by atoms with Gasteiger partial charge in [-0.2, -0.15) is 0 Å². The molecule has 0 radical (unpaired) electrons. The monoisotopic (exact) mass is 484 g/mol. The number of ether oxygens (including phenoxy) is 6. The number of hydrogen-bond donors (Lipinski definition) is 0. The molecule has 8 nitrogen and oxygen atoms in total. The second-order valence-electron chi connectivity index (χ2n) is 7.13. The molecule has 0 unspecified atom stereocenters. The van der Waals surface area contributed by atoms with Gasteiger partial charge >= 0.3 is 11.9 Å². The van der Waals surface area contributed by atoms with Crippen molar-refractivity contribution in [1.29, 1.82) is 0 Å². The molecule has 0 aliphatic heterocycles. The second-order valence-corrected chi connectivity index (χ2v) is 7.13. The van der Waals surface area contributed by atoms with Crippen LogP contribution in [0.4, 0.5) is 0 Å². The van der Waals surface area contributed by atoms with Crippen molar-refractivity contribution < 1.29 is 38.0 Å². The molecular formula is C27H32O8. The fraction of sp³-hybridized carbons (Fsp3) is 0.333. The van der Waals surface area contributed by atoms with Crippen LogP contribution in [0.2, 0.25) is 0 Å². The second kappa shape index (κ2) is 16.9. The Morgan fingerprint density at radius 3 is 1.40 bits per heavy atom. The zero-order chi connectivity index (χ0) is 25.1. The predicted octanol–water partition coefficient (Wildman–Crippen LogP) is 3.53. The summed E-state index contributed by atoms with van der Waals surface area (Å²) in [6.07, 6.45) is 3.02. The molecule has 0 aromatic heterocycles. The third-order valence-electron chi connectivity index (χ3n) is 4.53. The summed E-state index contributed by atoms with van der Waals surface area (Å²) in [5.41, 5.74) is 2.31. The van der Waals surface area contributed by atoms with E-state index in [1.165, 1.54) is 0 Å². The minimum absolute atomic E-state index is 0.179. The number of benzene rings is 2. The van der Waals surface area contributed by atoms with Crippen molar-refractivity contribution >= 4 is 11.9 Å². The molecule has 2 aromatic rings. The van der Waals surface area contributed by atoms with Crippen LogP contribution in [0.5, 0.6) is 11.5 Å². The molecule has 0 amide bonds. The van der Waals surface area contributed by atoms with E-state index < -0.39 is 11.9 Å². The van der Waals surface area contributed by atoms with Gasteiger partial charge in [0.15, 0.2) is 0 Å². The van der Waals surface area contributed by atoms with E-state index in [1.54, 1.807) is 0 Å². The highest BCUT2D eigenvalue weighted by molar-refractivity contribution is 5.81. The minimum atomic E-state index is -0.460. The summed E-state index contributed by atoms with van der Waals surface area (Å²) in [5.74, 6) is 0.573. The summed E-state index contributed by atoms with van der Waals surface area (Å²) >= 11 is 0. The van der Waals surface area contributed by atoms with Crippen LogP contribution < -0.4 is 9.47 Å². The Labute approximate surface area is 206 Å². The molecule has 0 fully saturated rings. The molecule has 0 saturated heterocycles. The molecule has 0 spiro atoms. The van der Waals surface area contributed by atoms with E-state index in [2.05, 4.69) is 13.2 Å². The Morgan fingerprint density at radius 2 is 0.943 bits per heavy atom. The van der Waals surface area contributed by atoms with Crippen molar-refractivity contribution in [3.63, 3.8) is 0 Å². The summed E-state index contributed by atoms with van der Waals surface area (Å²) in [6, 6.07) is 15.7. The molecule has 0 aliphatic rings. The van der Waals surface area contributed by atoms with E-state index in [4.69, 9.17) is 28.4 Å². The van der Waals surface area contributed by atoms with Crippen molar-refractivity contribution in [1.82, 2.24) is 0 Å². The van der Waals surface area contributed by atoms with E-state index in [9.17, 15) is 9.59 Å². The van der Waals surface area contributed by atoms with Gasteiger partial charge in [0.2, 0.25) is 0 Å².